The smallest absolute Gasteiger partial charge is 0.748 e. The molecule has 1 aliphatic rings. The van der Waals surface area contributed by atoms with E-state index in [0.717, 1.165) is 25.0 Å². The molecule has 0 saturated carbocycles. The summed E-state index contributed by atoms with van der Waals surface area (Å²) in [4.78, 5) is 5.63. The van der Waals surface area contributed by atoms with Gasteiger partial charge in [-0.3, -0.25) is 4.90 Å². The Bertz CT molecular complexity index is 727. The van der Waals surface area contributed by atoms with Crippen molar-refractivity contribution in [2.24, 2.45) is 0 Å². The van der Waals surface area contributed by atoms with Gasteiger partial charge in [-0.15, -0.1) is 0 Å². The zero-order valence-electron chi connectivity index (χ0n) is 12.1. The van der Waals surface area contributed by atoms with Crippen molar-refractivity contribution >= 4 is 21.0 Å². The van der Waals surface area contributed by atoms with Crippen LogP contribution in [-0.4, -0.2) is 41.7 Å². The average molecular weight is 316 g/mol. The van der Waals surface area contributed by atoms with Crippen LogP contribution >= 0.6 is 0 Å². The third-order valence-electron chi connectivity index (χ3n) is 3.83. The molecule has 108 valence electrons. The van der Waals surface area contributed by atoms with Crippen LogP contribution in [0.4, 0.5) is 0 Å². The van der Waals surface area contributed by atoms with Crippen LogP contribution in [0.15, 0.2) is 24.3 Å². The van der Waals surface area contributed by atoms with Crippen LogP contribution < -0.4 is 29.6 Å². The van der Waals surface area contributed by atoms with E-state index in [-0.39, 0.29) is 35.3 Å². The van der Waals surface area contributed by atoms with Gasteiger partial charge in [-0.1, -0.05) is 18.2 Å². The molecule has 7 heteroatoms. The number of hydrogen-bond donors (Lipinski definition) is 1. The molecule has 2 heterocycles. The average Bonchev–Trinajstić information content (AvgIpc) is 2.74. The topological polar surface area (TPSA) is 76.2 Å². The Morgan fingerprint density at radius 2 is 2.05 bits per heavy atom. The van der Waals surface area contributed by atoms with Crippen LogP contribution in [-0.2, 0) is 23.1 Å². The fraction of sp³-hybridized carbons (Fsp3) is 0.429. The first kappa shape index (κ1) is 17.0. The van der Waals surface area contributed by atoms with Crippen molar-refractivity contribution in [3.8, 4) is 0 Å². The molecule has 3 rings (SSSR count). The van der Waals surface area contributed by atoms with Crippen molar-refractivity contribution in [1.29, 1.82) is 0 Å². The van der Waals surface area contributed by atoms with Crippen molar-refractivity contribution in [1.82, 2.24) is 9.88 Å². The summed E-state index contributed by atoms with van der Waals surface area (Å²) in [6.45, 7) is 2.35. The van der Waals surface area contributed by atoms with E-state index in [4.69, 9.17) is 0 Å². The van der Waals surface area contributed by atoms with Crippen LogP contribution in [0.2, 0.25) is 0 Å². The van der Waals surface area contributed by atoms with Crippen LogP contribution in [0.25, 0.3) is 10.9 Å². The van der Waals surface area contributed by atoms with Gasteiger partial charge in [-0.25, -0.2) is 8.42 Å². The number of benzene rings is 1. The molecule has 0 aliphatic carbocycles. The maximum absolute atomic E-state index is 10.6. The predicted molar refractivity (Wildman–Crippen MR) is 76.5 cm³/mol. The Morgan fingerprint density at radius 1 is 1.29 bits per heavy atom. The van der Waals surface area contributed by atoms with Crippen molar-refractivity contribution in [2.45, 2.75) is 19.4 Å². The first-order valence-corrected chi connectivity index (χ1v) is 8.35. The Hall–Kier alpha value is -0.370. The second-order valence-corrected chi connectivity index (χ2v) is 6.79. The van der Waals surface area contributed by atoms with Crippen LogP contribution in [0.5, 0.6) is 0 Å². The van der Waals surface area contributed by atoms with Crippen molar-refractivity contribution in [3.05, 3.63) is 35.5 Å². The molecule has 0 spiro atoms. The molecule has 0 atom stereocenters. The standard InChI is InChI=1S/C14H18N2O3S.Na/c17-20(18,19)9-3-7-16-8-6-12-11-4-1-2-5-13(11)15-14(12)10-16;/h1-2,4-5,15H,3,6-10H2,(H,17,18,19);/q;+1/p-1. The number of aromatic amines is 1. The third-order valence-corrected chi connectivity index (χ3v) is 4.62. The fourth-order valence-electron chi connectivity index (χ4n) is 2.90. The number of nitrogens with one attached hydrogen (secondary N) is 1. The fourth-order valence-corrected chi connectivity index (χ4v) is 3.39. The number of H-pyrrole nitrogens is 1. The molecule has 5 nitrogen and oxygen atoms in total. The number of rotatable bonds is 4. The molecule has 1 aromatic carbocycles. The van der Waals surface area contributed by atoms with Gasteiger partial charge in [0.1, 0.15) is 0 Å². The first-order valence-electron chi connectivity index (χ1n) is 6.77. The van der Waals surface area contributed by atoms with Gasteiger partial charge >= 0.3 is 29.6 Å². The second-order valence-electron chi connectivity index (χ2n) is 5.27. The van der Waals surface area contributed by atoms with E-state index in [1.807, 2.05) is 12.1 Å². The van der Waals surface area contributed by atoms with Gasteiger partial charge in [-0.2, -0.15) is 0 Å². The number of nitrogens with zero attached hydrogens (tertiary/aromatic N) is 1. The summed E-state index contributed by atoms with van der Waals surface area (Å²) < 4.78 is 31.8. The maximum Gasteiger partial charge on any atom is 1.00 e. The Labute approximate surface area is 146 Å². The normalized spacial score (nSPS) is 15.7. The van der Waals surface area contributed by atoms with E-state index >= 15 is 0 Å². The zero-order valence-corrected chi connectivity index (χ0v) is 14.9. The minimum Gasteiger partial charge on any atom is -0.748 e. The zero-order chi connectivity index (χ0) is 14.2. The van der Waals surface area contributed by atoms with Crippen molar-refractivity contribution in [3.63, 3.8) is 0 Å². The molecule has 1 aliphatic heterocycles. The summed E-state index contributed by atoms with van der Waals surface area (Å²) >= 11 is 0. The van der Waals surface area contributed by atoms with E-state index in [2.05, 4.69) is 22.0 Å². The summed E-state index contributed by atoms with van der Waals surface area (Å²) in [6.07, 6.45) is 1.37. The van der Waals surface area contributed by atoms with Gasteiger partial charge in [0.15, 0.2) is 0 Å². The van der Waals surface area contributed by atoms with Crippen LogP contribution in [0.3, 0.4) is 0 Å². The van der Waals surface area contributed by atoms with Gasteiger partial charge in [0, 0.05) is 35.4 Å². The molecule has 1 aromatic heterocycles. The Morgan fingerprint density at radius 3 is 2.81 bits per heavy atom. The molecule has 0 radical (unpaired) electrons. The monoisotopic (exact) mass is 316 g/mol. The molecule has 21 heavy (non-hydrogen) atoms. The summed E-state index contributed by atoms with van der Waals surface area (Å²) in [6, 6.07) is 8.26. The van der Waals surface area contributed by atoms with Crippen LogP contribution in [0.1, 0.15) is 17.7 Å². The van der Waals surface area contributed by atoms with E-state index < -0.39 is 10.1 Å². The van der Waals surface area contributed by atoms with E-state index in [1.165, 1.54) is 16.6 Å². The predicted octanol–water partition coefficient (Wildman–Crippen LogP) is -1.53. The van der Waals surface area contributed by atoms with E-state index in [9.17, 15) is 13.0 Å². The maximum atomic E-state index is 10.6. The summed E-state index contributed by atoms with van der Waals surface area (Å²) in [5, 5.41) is 1.28. The minimum absolute atomic E-state index is 0. The molecule has 0 bridgehead atoms. The minimum atomic E-state index is -4.09. The quantitative estimate of drug-likeness (QED) is 0.548. The van der Waals surface area contributed by atoms with Crippen LogP contribution in [0, 0.1) is 0 Å². The molecule has 1 N–H and O–H groups in total. The van der Waals surface area contributed by atoms with Gasteiger partial charge in [0.2, 0.25) is 0 Å². The summed E-state index contributed by atoms with van der Waals surface area (Å²) in [5.74, 6) is -0.275. The molecular weight excluding hydrogens is 299 g/mol. The number of hydrogen-bond acceptors (Lipinski definition) is 4. The number of fused-ring (bicyclic) bond motifs is 3. The van der Waals surface area contributed by atoms with E-state index in [1.54, 1.807) is 0 Å². The molecular formula is C14H17N2NaO3S. The third kappa shape index (κ3) is 4.09. The molecule has 0 fully saturated rings. The number of aromatic nitrogens is 1. The SMILES string of the molecule is O=S(=O)([O-])CCCN1CCc2c([nH]c3ccccc23)C1.[Na+]. The molecule has 0 unspecified atom stereocenters. The van der Waals surface area contributed by atoms with E-state index in [0.29, 0.717) is 13.0 Å². The van der Waals surface area contributed by atoms with Gasteiger partial charge in [0.25, 0.3) is 0 Å². The van der Waals surface area contributed by atoms with Gasteiger partial charge in [-0.05, 0) is 31.0 Å². The molecule has 0 saturated heterocycles. The Balaban J connectivity index is 0.00000161. The van der Waals surface area contributed by atoms with Gasteiger partial charge in [0.05, 0.1) is 10.1 Å². The Kier molecular flexibility index (Phi) is 5.51. The molecule has 2 aromatic rings. The number of para-hydroxylation sites is 1. The second kappa shape index (κ2) is 6.81. The van der Waals surface area contributed by atoms with Crippen molar-refractivity contribution in [2.75, 3.05) is 18.8 Å². The summed E-state index contributed by atoms with van der Waals surface area (Å²) in [5.41, 5.74) is 3.73. The van der Waals surface area contributed by atoms with Gasteiger partial charge < -0.3 is 9.54 Å². The largest absolute Gasteiger partial charge is 1.00 e. The first-order chi connectivity index (χ1) is 9.53. The summed E-state index contributed by atoms with van der Waals surface area (Å²) in [7, 11) is -4.09. The van der Waals surface area contributed by atoms with Crippen molar-refractivity contribution < 1.29 is 42.5 Å². The molecule has 0 amide bonds.